The molecule has 1 aliphatic rings. The van der Waals surface area contributed by atoms with Crippen LogP contribution >= 0.6 is 24.0 Å². The average molecular weight is 348 g/mol. The van der Waals surface area contributed by atoms with Gasteiger partial charge in [0, 0.05) is 12.2 Å². The molecule has 0 aromatic heterocycles. The third kappa shape index (κ3) is 5.32. The van der Waals surface area contributed by atoms with Crippen molar-refractivity contribution in [1.82, 2.24) is 10.2 Å². The first-order valence-electron chi connectivity index (χ1n) is 7.12. The van der Waals surface area contributed by atoms with Crippen LogP contribution in [0.5, 0.6) is 5.75 Å². The maximum atomic E-state index is 12.1. The van der Waals surface area contributed by atoms with E-state index in [1.54, 1.807) is 25.3 Å². The van der Waals surface area contributed by atoms with E-state index in [-0.39, 0.29) is 18.3 Å². The Balaban J connectivity index is 0.00000242. The van der Waals surface area contributed by atoms with Crippen molar-refractivity contribution in [1.29, 1.82) is 0 Å². The number of hydrogen-bond donors (Lipinski definition) is 2. The lowest BCUT2D eigenvalue weighted by molar-refractivity contribution is -0.117. The zero-order valence-electron chi connectivity index (χ0n) is 12.9. The van der Waals surface area contributed by atoms with Crippen molar-refractivity contribution >= 4 is 35.6 Å². The van der Waals surface area contributed by atoms with Gasteiger partial charge in [-0.05, 0) is 50.7 Å². The molecule has 124 valence electrons. The maximum absolute atomic E-state index is 12.1. The van der Waals surface area contributed by atoms with Gasteiger partial charge < -0.3 is 15.4 Å². The molecule has 1 heterocycles. The van der Waals surface area contributed by atoms with E-state index < -0.39 is 0 Å². The number of nitrogens with zero attached hydrogens (tertiary/aromatic N) is 1. The maximum Gasteiger partial charge on any atom is 0.238 e. The predicted octanol–water partition coefficient (Wildman–Crippen LogP) is 2.25. The van der Waals surface area contributed by atoms with E-state index in [4.69, 9.17) is 16.3 Å². The highest BCUT2D eigenvalue weighted by molar-refractivity contribution is 6.32. The zero-order valence-corrected chi connectivity index (χ0v) is 14.5. The SMILES string of the molecule is CNCC1CCN(CC(=O)Nc2ccc(OC)c(Cl)c2)C1.Cl. The smallest absolute Gasteiger partial charge is 0.238 e. The first-order chi connectivity index (χ1) is 10.1. The zero-order chi connectivity index (χ0) is 15.2. The fourth-order valence-corrected chi connectivity index (χ4v) is 2.92. The summed E-state index contributed by atoms with van der Waals surface area (Å²) in [4.78, 5) is 14.2. The van der Waals surface area contributed by atoms with Crippen molar-refractivity contribution in [3.63, 3.8) is 0 Å². The van der Waals surface area contributed by atoms with Crippen LogP contribution in [0.2, 0.25) is 5.02 Å². The molecule has 1 atom stereocenters. The average Bonchev–Trinajstić information content (AvgIpc) is 2.86. The van der Waals surface area contributed by atoms with Gasteiger partial charge in [0.25, 0.3) is 0 Å². The van der Waals surface area contributed by atoms with Gasteiger partial charge in [-0.2, -0.15) is 0 Å². The van der Waals surface area contributed by atoms with Gasteiger partial charge in [0.15, 0.2) is 0 Å². The lowest BCUT2D eigenvalue weighted by Crippen LogP contribution is -2.32. The van der Waals surface area contributed by atoms with Crippen molar-refractivity contribution in [2.24, 2.45) is 5.92 Å². The van der Waals surface area contributed by atoms with Crippen LogP contribution in [0.15, 0.2) is 18.2 Å². The molecule has 1 amide bonds. The summed E-state index contributed by atoms with van der Waals surface area (Å²) in [7, 11) is 3.53. The number of nitrogens with one attached hydrogen (secondary N) is 2. The number of carbonyl (C=O) groups excluding carboxylic acids is 1. The number of carbonyl (C=O) groups is 1. The van der Waals surface area contributed by atoms with Crippen molar-refractivity contribution in [3.8, 4) is 5.75 Å². The van der Waals surface area contributed by atoms with Crippen LogP contribution in [0, 0.1) is 5.92 Å². The Hall–Kier alpha value is -1.01. The van der Waals surface area contributed by atoms with Gasteiger partial charge in [-0.3, -0.25) is 9.69 Å². The molecule has 0 radical (unpaired) electrons. The Kier molecular flexibility index (Phi) is 7.96. The third-order valence-electron chi connectivity index (χ3n) is 3.67. The minimum Gasteiger partial charge on any atom is -0.495 e. The number of ether oxygens (including phenoxy) is 1. The third-order valence-corrected chi connectivity index (χ3v) is 3.96. The number of halogens is 2. The molecule has 0 spiro atoms. The number of hydrogen-bond acceptors (Lipinski definition) is 4. The van der Waals surface area contributed by atoms with E-state index in [0.717, 1.165) is 26.1 Å². The second-order valence-electron chi connectivity index (χ2n) is 5.34. The molecule has 1 unspecified atom stereocenters. The minimum absolute atomic E-state index is 0. The lowest BCUT2D eigenvalue weighted by atomic mass is 10.1. The van der Waals surface area contributed by atoms with Gasteiger partial charge in [0.2, 0.25) is 5.91 Å². The Morgan fingerprint density at radius 1 is 1.50 bits per heavy atom. The predicted molar refractivity (Wildman–Crippen MR) is 92.4 cm³/mol. The molecule has 0 saturated carbocycles. The first kappa shape index (κ1) is 19.0. The van der Waals surface area contributed by atoms with Gasteiger partial charge in [0.1, 0.15) is 5.75 Å². The highest BCUT2D eigenvalue weighted by atomic mass is 35.5. The molecule has 5 nitrogen and oxygen atoms in total. The van der Waals surface area contributed by atoms with Crippen LogP contribution in [0.25, 0.3) is 0 Å². The highest BCUT2D eigenvalue weighted by Crippen LogP contribution is 2.27. The molecule has 1 saturated heterocycles. The summed E-state index contributed by atoms with van der Waals surface area (Å²) in [6.45, 7) is 3.37. The lowest BCUT2D eigenvalue weighted by Gasteiger charge is -2.16. The molecule has 0 aliphatic carbocycles. The molecule has 7 heteroatoms. The van der Waals surface area contributed by atoms with Gasteiger partial charge in [0.05, 0.1) is 18.7 Å². The largest absolute Gasteiger partial charge is 0.495 e. The van der Waals surface area contributed by atoms with Gasteiger partial charge >= 0.3 is 0 Å². The number of methoxy groups -OCH3 is 1. The number of rotatable bonds is 6. The fourth-order valence-electron chi connectivity index (χ4n) is 2.66. The summed E-state index contributed by atoms with van der Waals surface area (Å²) >= 11 is 6.04. The molecule has 0 bridgehead atoms. The minimum atomic E-state index is -0.0126. The number of likely N-dealkylation sites (tertiary alicyclic amines) is 1. The quantitative estimate of drug-likeness (QED) is 0.828. The molecule has 1 aromatic rings. The molecule has 2 rings (SSSR count). The summed E-state index contributed by atoms with van der Waals surface area (Å²) in [6, 6.07) is 5.24. The molecule has 1 aromatic carbocycles. The second-order valence-corrected chi connectivity index (χ2v) is 5.75. The topological polar surface area (TPSA) is 53.6 Å². The van der Waals surface area contributed by atoms with Crippen molar-refractivity contribution < 1.29 is 9.53 Å². The van der Waals surface area contributed by atoms with Crippen molar-refractivity contribution in [3.05, 3.63) is 23.2 Å². The molecule has 2 N–H and O–H groups in total. The van der Waals surface area contributed by atoms with Crippen LogP contribution in [0.1, 0.15) is 6.42 Å². The number of amides is 1. The van der Waals surface area contributed by atoms with Crippen LogP contribution in [-0.2, 0) is 4.79 Å². The molecule has 1 fully saturated rings. The molecular weight excluding hydrogens is 325 g/mol. The summed E-state index contributed by atoms with van der Waals surface area (Å²) in [5.41, 5.74) is 0.691. The molecule has 1 aliphatic heterocycles. The fraction of sp³-hybridized carbons (Fsp3) is 0.533. The summed E-state index contributed by atoms with van der Waals surface area (Å²) in [6.07, 6.45) is 1.14. The Bertz CT molecular complexity index is 500. The highest BCUT2D eigenvalue weighted by Gasteiger charge is 2.23. The summed E-state index contributed by atoms with van der Waals surface area (Å²) in [5.74, 6) is 1.23. The second kappa shape index (κ2) is 9.20. The summed E-state index contributed by atoms with van der Waals surface area (Å²) in [5, 5.41) is 6.55. The number of benzene rings is 1. The standard InChI is InChI=1S/C15H22ClN3O2.ClH/c1-17-8-11-5-6-19(9-11)10-15(20)18-12-3-4-14(21-2)13(16)7-12;/h3-4,7,11,17H,5-6,8-10H2,1-2H3,(H,18,20);1H. The van der Waals surface area contributed by atoms with E-state index in [1.807, 2.05) is 7.05 Å². The Labute approximate surface area is 142 Å². The van der Waals surface area contributed by atoms with Crippen LogP contribution in [0.3, 0.4) is 0 Å². The first-order valence-corrected chi connectivity index (χ1v) is 7.50. The molecule has 22 heavy (non-hydrogen) atoms. The van der Waals surface area contributed by atoms with Gasteiger partial charge in [-0.1, -0.05) is 11.6 Å². The van der Waals surface area contributed by atoms with Crippen molar-refractivity contribution in [2.75, 3.05) is 45.7 Å². The molecular formula is C15H23Cl2N3O2. The van der Waals surface area contributed by atoms with E-state index in [2.05, 4.69) is 15.5 Å². The number of anilines is 1. The Morgan fingerprint density at radius 3 is 2.91 bits per heavy atom. The Morgan fingerprint density at radius 2 is 2.27 bits per heavy atom. The van der Waals surface area contributed by atoms with Crippen molar-refractivity contribution in [2.45, 2.75) is 6.42 Å². The van der Waals surface area contributed by atoms with Gasteiger partial charge in [-0.25, -0.2) is 0 Å². The van der Waals surface area contributed by atoms with Gasteiger partial charge in [-0.15, -0.1) is 12.4 Å². The van der Waals surface area contributed by atoms with Crippen LogP contribution in [-0.4, -0.2) is 51.1 Å². The van der Waals surface area contributed by atoms with E-state index in [1.165, 1.54) is 0 Å². The monoisotopic (exact) mass is 347 g/mol. The van der Waals surface area contributed by atoms with E-state index in [0.29, 0.717) is 28.9 Å². The summed E-state index contributed by atoms with van der Waals surface area (Å²) < 4.78 is 5.09. The van der Waals surface area contributed by atoms with E-state index >= 15 is 0 Å². The van der Waals surface area contributed by atoms with E-state index in [9.17, 15) is 4.79 Å². The van der Waals surface area contributed by atoms with Crippen LogP contribution in [0.4, 0.5) is 5.69 Å². The van der Waals surface area contributed by atoms with Crippen LogP contribution < -0.4 is 15.4 Å². The normalized spacial score (nSPS) is 17.9.